The van der Waals surface area contributed by atoms with Gasteiger partial charge >= 0.3 is 12.2 Å². The van der Waals surface area contributed by atoms with Crippen molar-refractivity contribution in [3.05, 3.63) is 17.7 Å². The number of benzene rings is 1. The van der Waals surface area contributed by atoms with Gasteiger partial charge in [0.25, 0.3) is 17.5 Å². The number of hydrogen-bond donors (Lipinski definition) is 2. The summed E-state index contributed by atoms with van der Waals surface area (Å²) in [4.78, 5) is 39.4. The number of nitrogens with zero attached hydrogens (tertiary/aromatic N) is 1. The average molecular weight is 487 g/mol. The van der Waals surface area contributed by atoms with Gasteiger partial charge in [-0.15, -0.1) is 0 Å². The Balaban J connectivity index is 2.00. The van der Waals surface area contributed by atoms with Gasteiger partial charge in [0.15, 0.2) is 11.5 Å². The van der Waals surface area contributed by atoms with Crippen molar-refractivity contribution in [1.82, 2.24) is 15.5 Å². The van der Waals surface area contributed by atoms with Crippen molar-refractivity contribution in [3.8, 4) is 17.2 Å². The zero-order chi connectivity index (χ0) is 25.4. The molecular formula is C22H28F3N3O6. The third-order valence-corrected chi connectivity index (χ3v) is 6.70. The minimum absolute atomic E-state index is 0.0292. The van der Waals surface area contributed by atoms with Crippen LogP contribution in [0.15, 0.2) is 12.1 Å². The number of nitrogens with one attached hydrogen (secondary N) is 2. The lowest BCUT2D eigenvalue weighted by atomic mass is 9.77. The van der Waals surface area contributed by atoms with Gasteiger partial charge in [-0.05, 0) is 30.4 Å². The molecule has 0 unspecified atom stereocenters. The Morgan fingerprint density at radius 3 is 2.18 bits per heavy atom. The van der Waals surface area contributed by atoms with E-state index in [4.69, 9.17) is 14.2 Å². The number of alkyl halides is 3. The molecule has 0 bridgehead atoms. The molecule has 9 nitrogen and oxygen atoms in total. The fraction of sp³-hybridized carbons (Fsp3) is 0.591. The predicted molar refractivity (Wildman–Crippen MR) is 114 cm³/mol. The molecule has 1 aromatic carbocycles. The lowest BCUT2D eigenvalue weighted by Crippen LogP contribution is -2.69. The van der Waals surface area contributed by atoms with E-state index in [1.165, 1.54) is 21.3 Å². The molecule has 2 fully saturated rings. The number of urea groups is 1. The van der Waals surface area contributed by atoms with Crippen LogP contribution in [0.1, 0.15) is 43.5 Å². The molecule has 1 aliphatic heterocycles. The molecule has 0 radical (unpaired) electrons. The molecule has 0 spiro atoms. The van der Waals surface area contributed by atoms with Crippen LogP contribution in [0.5, 0.6) is 17.2 Å². The number of halogens is 3. The van der Waals surface area contributed by atoms with Gasteiger partial charge in [-0.1, -0.05) is 26.7 Å². The summed E-state index contributed by atoms with van der Waals surface area (Å²) < 4.78 is 58.3. The van der Waals surface area contributed by atoms with Crippen molar-refractivity contribution in [2.45, 2.75) is 51.0 Å². The zero-order valence-electron chi connectivity index (χ0n) is 19.5. The Morgan fingerprint density at radius 1 is 1.09 bits per heavy atom. The second-order valence-electron chi connectivity index (χ2n) is 8.56. The molecule has 188 valence electrons. The molecule has 3 rings (SSSR count). The maximum Gasteiger partial charge on any atom is 0.440 e. The summed E-state index contributed by atoms with van der Waals surface area (Å²) in [6.07, 6.45) is -3.40. The first-order chi connectivity index (χ1) is 15.9. The summed E-state index contributed by atoms with van der Waals surface area (Å²) in [5.41, 5.74) is -3.90. The molecule has 1 heterocycles. The number of hydrogen-bond acceptors (Lipinski definition) is 6. The fourth-order valence-corrected chi connectivity index (χ4v) is 4.57. The van der Waals surface area contributed by atoms with Gasteiger partial charge in [0.1, 0.15) is 0 Å². The SMILES string of the molecule is COc1cc(C(=O)N[C@]2(C(F)(F)F)NC(=O)N([C@@H]3CCC[C@@H](C)[C@@H]3C)C2=O)cc(OC)c1OC. The smallest absolute Gasteiger partial charge is 0.440 e. The first-order valence-corrected chi connectivity index (χ1v) is 10.8. The number of methoxy groups -OCH3 is 3. The minimum atomic E-state index is -5.31. The van der Waals surface area contributed by atoms with Crippen molar-refractivity contribution in [3.63, 3.8) is 0 Å². The third kappa shape index (κ3) is 4.09. The maximum atomic E-state index is 14.3. The molecule has 1 aliphatic carbocycles. The summed E-state index contributed by atoms with van der Waals surface area (Å²) in [5, 5.41) is 3.44. The van der Waals surface area contributed by atoms with Crippen molar-refractivity contribution < 1.29 is 41.8 Å². The quantitative estimate of drug-likeness (QED) is 0.598. The van der Waals surface area contributed by atoms with Crippen LogP contribution in [-0.4, -0.2) is 62.0 Å². The number of ether oxygens (including phenoxy) is 3. The van der Waals surface area contributed by atoms with Crippen LogP contribution < -0.4 is 24.8 Å². The lowest BCUT2D eigenvalue weighted by Gasteiger charge is -2.38. The van der Waals surface area contributed by atoms with E-state index in [-0.39, 0.29) is 34.6 Å². The molecule has 1 aromatic rings. The highest BCUT2D eigenvalue weighted by Crippen LogP contribution is 2.41. The van der Waals surface area contributed by atoms with Crippen LogP contribution in [0.2, 0.25) is 0 Å². The molecule has 1 saturated carbocycles. The van der Waals surface area contributed by atoms with Crippen LogP contribution in [0.3, 0.4) is 0 Å². The molecule has 2 aliphatic rings. The largest absolute Gasteiger partial charge is 0.493 e. The highest BCUT2D eigenvalue weighted by Gasteiger charge is 2.70. The molecule has 1 saturated heterocycles. The molecule has 34 heavy (non-hydrogen) atoms. The summed E-state index contributed by atoms with van der Waals surface area (Å²) in [6.45, 7) is 3.73. The van der Waals surface area contributed by atoms with Gasteiger partial charge in [0.05, 0.1) is 21.3 Å². The van der Waals surface area contributed by atoms with Crippen LogP contribution in [-0.2, 0) is 4.79 Å². The Morgan fingerprint density at radius 2 is 1.68 bits per heavy atom. The lowest BCUT2D eigenvalue weighted by molar-refractivity contribution is -0.201. The number of rotatable bonds is 6. The topological polar surface area (TPSA) is 106 Å². The molecule has 0 aromatic heterocycles. The summed E-state index contributed by atoms with van der Waals surface area (Å²) >= 11 is 0. The van der Waals surface area contributed by atoms with Crippen LogP contribution >= 0.6 is 0 Å². The normalized spacial score (nSPS) is 27.3. The van der Waals surface area contributed by atoms with Crippen molar-refractivity contribution >= 4 is 17.8 Å². The first-order valence-electron chi connectivity index (χ1n) is 10.8. The standard InChI is InChI=1S/C22H28F3N3O6/c1-11-7-6-8-14(12(11)2)28-19(30)21(22(23,24)25,27-20(28)31)26-18(29)13-9-15(32-3)17(34-5)16(10-13)33-4/h9-12,14H,6-8H2,1-5H3,(H,26,29)(H,27,31)/t11-,12+,14-,21+/m1/s1. The Hall–Kier alpha value is -3.18. The van der Waals surface area contributed by atoms with Crippen LogP contribution in [0.25, 0.3) is 0 Å². The Bertz CT molecular complexity index is 960. The van der Waals surface area contributed by atoms with Gasteiger partial charge in [0, 0.05) is 11.6 Å². The van der Waals surface area contributed by atoms with Gasteiger partial charge in [0.2, 0.25) is 5.75 Å². The zero-order valence-corrected chi connectivity index (χ0v) is 19.5. The second kappa shape index (κ2) is 9.22. The number of carbonyl (C=O) groups excluding carboxylic acids is 3. The summed E-state index contributed by atoms with van der Waals surface area (Å²) in [6, 6.07) is 0.382. The van der Waals surface area contributed by atoms with Gasteiger partial charge in [-0.25, -0.2) is 4.79 Å². The van der Waals surface area contributed by atoms with E-state index in [1.807, 2.05) is 6.92 Å². The van der Waals surface area contributed by atoms with Crippen LogP contribution in [0, 0.1) is 11.8 Å². The van der Waals surface area contributed by atoms with E-state index in [1.54, 1.807) is 17.6 Å². The molecule has 12 heteroatoms. The maximum absolute atomic E-state index is 14.3. The van der Waals surface area contributed by atoms with E-state index in [0.29, 0.717) is 17.7 Å². The fourth-order valence-electron chi connectivity index (χ4n) is 4.57. The van der Waals surface area contributed by atoms with Crippen molar-refractivity contribution in [1.29, 1.82) is 0 Å². The average Bonchev–Trinajstić information content (AvgIpc) is 3.04. The monoisotopic (exact) mass is 487 g/mol. The predicted octanol–water partition coefficient (Wildman–Crippen LogP) is 3.08. The van der Waals surface area contributed by atoms with E-state index in [0.717, 1.165) is 18.6 Å². The van der Waals surface area contributed by atoms with E-state index >= 15 is 0 Å². The van der Waals surface area contributed by atoms with Gasteiger partial charge in [-0.2, -0.15) is 13.2 Å². The molecule has 4 amide bonds. The summed E-state index contributed by atoms with van der Waals surface area (Å²) in [7, 11) is 3.88. The van der Waals surface area contributed by atoms with Gasteiger partial charge < -0.3 is 19.5 Å². The number of imide groups is 1. The van der Waals surface area contributed by atoms with Crippen molar-refractivity contribution in [2.75, 3.05) is 21.3 Å². The minimum Gasteiger partial charge on any atom is -0.493 e. The molecule has 2 N–H and O–H groups in total. The Labute approximate surface area is 194 Å². The Kier molecular flexibility index (Phi) is 6.90. The molecule has 4 atom stereocenters. The van der Waals surface area contributed by atoms with E-state index in [2.05, 4.69) is 0 Å². The van der Waals surface area contributed by atoms with E-state index < -0.39 is 35.7 Å². The third-order valence-electron chi connectivity index (χ3n) is 6.70. The highest BCUT2D eigenvalue weighted by molar-refractivity contribution is 6.10. The van der Waals surface area contributed by atoms with Gasteiger partial charge in [-0.3, -0.25) is 19.8 Å². The highest BCUT2D eigenvalue weighted by atomic mass is 19.4. The van der Waals surface area contributed by atoms with Crippen LogP contribution in [0.4, 0.5) is 18.0 Å². The van der Waals surface area contributed by atoms with E-state index in [9.17, 15) is 27.6 Å². The van der Waals surface area contributed by atoms with Crippen molar-refractivity contribution in [2.24, 2.45) is 11.8 Å². The first kappa shape index (κ1) is 25.4. The number of amides is 4. The number of carbonyl (C=O) groups is 3. The second-order valence-corrected chi connectivity index (χ2v) is 8.56. The summed E-state index contributed by atoms with van der Waals surface area (Å²) in [5.74, 6) is -2.71. The molecular weight excluding hydrogens is 459 g/mol.